The van der Waals surface area contributed by atoms with E-state index < -0.39 is 79.1 Å². The van der Waals surface area contributed by atoms with Crippen LogP contribution in [0.3, 0.4) is 0 Å². The molecule has 0 spiro atoms. The summed E-state index contributed by atoms with van der Waals surface area (Å²) in [4.78, 5) is 77.5. The normalized spacial score (nSPS) is 18.8. The number of hydrogen-bond donors (Lipinski definition) is 2. The maximum Gasteiger partial charge on any atom is 0.308 e. The Morgan fingerprint density at radius 1 is 0.848 bits per heavy atom. The van der Waals surface area contributed by atoms with E-state index in [9.17, 15) is 28.8 Å². The predicted molar refractivity (Wildman–Crippen MR) is 115 cm³/mol. The average Bonchev–Trinajstić information content (AvgIpc) is 2.68. The number of ether oxygens (including phenoxy) is 2. The van der Waals surface area contributed by atoms with Gasteiger partial charge in [0.15, 0.2) is 0 Å². The molecule has 0 aromatic rings. The van der Waals surface area contributed by atoms with Crippen molar-refractivity contribution in [3.8, 4) is 0 Å². The third kappa shape index (κ3) is 8.35. The lowest BCUT2D eigenvalue weighted by molar-refractivity contribution is -0.169. The molecule has 1 fully saturated rings. The van der Waals surface area contributed by atoms with Crippen molar-refractivity contribution in [2.24, 2.45) is 0 Å². The van der Waals surface area contributed by atoms with Gasteiger partial charge in [-0.3, -0.25) is 28.8 Å². The maximum absolute atomic E-state index is 13.4. The number of methoxy groups -OCH3 is 2. The number of carbonyl (C=O) groups is 6. The number of nitrogens with one attached hydrogen (secondary N) is 2. The van der Waals surface area contributed by atoms with Gasteiger partial charge in [-0.15, -0.1) is 0 Å². The van der Waals surface area contributed by atoms with Crippen LogP contribution in [-0.4, -0.2) is 96.3 Å². The lowest BCUT2D eigenvalue weighted by Crippen LogP contribution is -2.68. The van der Waals surface area contributed by atoms with Crippen LogP contribution in [0.4, 0.5) is 0 Å². The van der Waals surface area contributed by atoms with E-state index in [1.54, 1.807) is 34.6 Å². The standard InChI is InChI=1S/C21H34N4O8/c1-12(2)22-15(26)10-24-13(8-17(28)32-6)20(31)25(11-16(27)23-21(3,4)5)14(19(24)30)9-18(29)33-7/h12-14H,8-11H2,1-7H3,(H,22,26)(H,23,27)/t13-,14-/m0/s1. The van der Waals surface area contributed by atoms with Crippen LogP contribution in [0.5, 0.6) is 0 Å². The van der Waals surface area contributed by atoms with E-state index in [1.165, 1.54) is 0 Å². The lowest BCUT2D eigenvalue weighted by atomic mass is 9.99. The van der Waals surface area contributed by atoms with Gasteiger partial charge in [0.05, 0.1) is 27.1 Å². The highest BCUT2D eigenvalue weighted by molar-refractivity contribution is 6.03. The molecule has 2 N–H and O–H groups in total. The van der Waals surface area contributed by atoms with Gasteiger partial charge in [0.1, 0.15) is 25.2 Å². The molecule has 0 bridgehead atoms. The van der Waals surface area contributed by atoms with Gasteiger partial charge in [0, 0.05) is 11.6 Å². The summed E-state index contributed by atoms with van der Waals surface area (Å²) in [5.74, 6) is -4.16. The van der Waals surface area contributed by atoms with Gasteiger partial charge in [-0.05, 0) is 34.6 Å². The summed E-state index contributed by atoms with van der Waals surface area (Å²) in [7, 11) is 2.25. The Balaban J connectivity index is 3.37. The Hall–Kier alpha value is -3.18. The summed E-state index contributed by atoms with van der Waals surface area (Å²) < 4.78 is 9.29. The van der Waals surface area contributed by atoms with Gasteiger partial charge in [0.25, 0.3) is 0 Å². The Morgan fingerprint density at radius 2 is 1.24 bits per heavy atom. The van der Waals surface area contributed by atoms with Crippen LogP contribution < -0.4 is 10.6 Å². The van der Waals surface area contributed by atoms with Crippen molar-refractivity contribution in [3.05, 3.63) is 0 Å². The first-order valence-electron chi connectivity index (χ1n) is 10.5. The van der Waals surface area contributed by atoms with E-state index in [4.69, 9.17) is 0 Å². The molecule has 1 saturated heterocycles. The molecule has 1 rings (SSSR count). The number of nitrogens with zero attached hydrogens (tertiary/aromatic N) is 2. The van der Waals surface area contributed by atoms with Crippen molar-refractivity contribution in [2.45, 2.75) is 71.1 Å². The molecular weight excluding hydrogens is 436 g/mol. The zero-order chi connectivity index (χ0) is 25.5. The van der Waals surface area contributed by atoms with Gasteiger partial charge < -0.3 is 29.9 Å². The number of rotatable bonds is 9. The molecule has 33 heavy (non-hydrogen) atoms. The van der Waals surface area contributed by atoms with E-state index in [0.717, 1.165) is 24.0 Å². The molecule has 186 valence electrons. The molecule has 0 aromatic carbocycles. The first kappa shape index (κ1) is 27.9. The second-order valence-corrected chi connectivity index (χ2v) is 9.04. The van der Waals surface area contributed by atoms with Crippen LogP contribution in [0.15, 0.2) is 0 Å². The van der Waals surface area contributed by atoms with Crippen LogP contribution in [0, 0.1) is 0 Å². The lowest BCUT2D eigenvalue weighted by Gasteiger charge is -2.44. The summed E-state index contributed by atoms with van der Waals surface area (Å²) in [5.41, 5.74) is -0.607. The second-order valence-electron chi connectivity index (χ2n) is 9.04. The fraction of sp³-hybridized carbons (Fsp3) is 0.714. The van der Waals surface area contributed by atoms with Crippen molar-refractivity contribution in [1.82, 2.24) is 20.4 Å². The van der Waals surface area contributed by atoms with Gasteiger partial charge in [-0.2, -0.15) is 0 Å². The molecule has 0 radical (unpaired) electrons. The molecule has 0 saturated carbocycles. The van der Waals surface area contributed by atoms with Crippen molar-refractivity contribution in [3.63, 3.8) is 0 Å². The first-order valence-corrected chi connectivity index (χ1v) is 10.5. The monoisotopic (exact) mass is 470 g/mol. The van der Waals surface area contributed by atoms with Gasteiger partial charge in [0.2, 0.25) is 23.6 Å². The summed E-state index contributed by atoms with van der Waals surface area (Å²) in [5, 5.41) is 5.31. The molecule has 12 nitrogen and oxygen atoms in total. The Labute approximate surface area is 193 Å². The van der Waals surface area contributed by atoms with Crippen molar-refractivity contribution >= 4 is 35.6 Å². The Bertz CT molecular complexity index is 790. The fourth-order valence-corrected chi connectivity index (χ4v) is 3.35. The molecule has 0 aromatic heterocycles. The Morgan fingerprint density at radius 3 is 1.58 bits per heavy atom. The maximum atomic E-state index is 13.4. The molecule has 1 aliphatic heterocycles. The molecule has 12 heteroatoms. The second kappa shape index (κ2) is 11.6. The minimum Gasteiger partial charge on any atom is -0.469 e. The fourth-order valence-electron chi connectivity index (χ4n) is 3.35. The minimum atomic E-state index is -1.38. The molecule has 0 aliphatic carbocycles. The molecule has 0 unspecified atom stereocenters. The zero-order valence-corrected chi connectivity index (χ0v) is 20.2. The highest BCUT2D eigenvalue weighted by Gasteiger charge is 2.48. The summed E-state index contributed by atoms with van der Waals surface area (Å²) >= 11 is 0. The molecule has 1 heterocycles. The van der Waals surface area contributed by atoms with Crippen LogP contribution in [-0.2, 0) is 38.2 Å². The summed E-state index contributed by atoms with van der Waals surface area (Å²) in [6.45, 7) is 7.65. The highest BCUT2D eigenvalue weighted by Crippen LogP contribution is 2.23. The number of hydrogen-bond acceptors (Lipinski definition) is 8. The smallest absolute Gasteiger partial charge is 0.308 e. The quantitative estimate of drug-likeness (QED) is 0.406. The van der Waals surface area contributed by atoms with Crippen molar-refractivity contribution in [1.29, 1.82) is 0 Å². The molecular formula is C21H34N4O8. The van der Waals surface area contributed by atoms with Gasteiger partial charge in [-0.1, -0.05) is 0 Å². The third-order valence-corrected chi connectivity index (χ3v) is 4.66. The molecule has 1 aliphatic rings. The van der Waals surface area contributed by atoms with Crippen LogP contribution in [0.25, 0.3) is 0 Å². The Kier molecular flexibility index (Phi) is 9.80. The van der Waals surface area contributed by atoms with Gasteiger partial charge in [-0.25, -0.2) is 0 Å². The predicted octanol–water partition coefficient (Wildman–Crippen LogP) is -1.04. The molecule has 4 amide bonds. The summed E-state index contributed by atoms with van der Waals surface area (Å²) in [6.07, 6.45) is -1.03. The van der Waals surface area contributed by atoms with Crippen LogP contribution >= 0.6 is 0 Å². The minimum absolute atomic E-state index is 0.226. The van der Waals surface area contributed by atoms with E-state index in [0.29, 0.717) is 0 Å². The number of piperazine rings is 1. The summed E-state index contributed by atoms with van der Waals surface area (Å²) in [6, 6.07) is -2.98. The highest BCUT2D eigenvalue weighted by atomic mass is 16.5. The number of carbonyl (C=O) groups excluding carboxylic acids is 6. The SMILES string of the molecule is COC(=O)C[C@H]1C(=O)N(CC(=O)NC(C)(C)C)[C@@H](CC(=O)OC)C(=O)N1CC(=O)NC(C)C. The van der Waals surface area contributed by atoms with Crippen LogP contribution in [0.2, 0.25) is 0 Å². The number of esters is 2. The van der Waals surface area contributed by atoms with Crippen LogP contribution in [0.1, 0.15) is 47.5 Å². The van der Waals surface area contributed by atoms with Crippen molar-refractivity contribution in [2.75, 3.05) is 27.3 Å². The topological polar surface area (TPSA) is 151 Å². The van der Waals surface area contributed by atoms with E-state index in [1.807, 2.05) is 0 Å². The van der Waals surface area contributed by atoms with Crippen molar-refractivity contribution < 1.29 is 38.2 Å². The average molecular weight is 471 g/mol. The molecule has 2 atom stereocenters. The largest absolute Gasteiger partial charge is 0.469 e. The van der Waals surface area contributed by atoms with E-state index in [2.05, 4.69) is 20.1 Å². The van der Waals surface area contributed by atoms with Gasteiger partial charge >= 0.3 is 11.9 Å². The van der Waals surface area contributed by atoms with E-state index in [-0.39, 0.29) is 6.04 Å². The first-order chi connectivity index (χ1) is 15.2. The third-order valence-electron chi connectivity index (χ3n) is 4.66. The van der Waals surface area contributed by atoms with E-state index >= 15 is 0 Å². The number of amides is 4. The zero-order valence-electron chi connectivity index (χ0n) is 20.2.